The van der Waals surface area contributed by atoms with Gasteiger partial charge in [-0.1, -0.05) is 41.0 Å². The van der Waals surface area contributed by atoms with Crippen molar-refractivity contribution in [1.82, 2.24) is 15.1 Å². The molecular weight excluding hydrogens is 238 g/mol. The number of nitrogens with one attached hydrogen (secondary N) is 1. The van der Waals surface area contributed by atoms with Crippen molar-refractivity contribution in [2.24, 2.45) is 13.0 Å². The summed E-state index contributed by atoms with van der Waals surface area (Å²) < 4.78 is 1.70. The third-order valence-corrected chi connectivity index (χ3v) is 3.52. The Labute approximate surface area is 116 Å². The SMILES string of the molecule is CCC(C)CNC(=O)c1c(C)c(C(C)(C)C)nn1C. The Morgan fingerprint density at radius 2 is 2.00 bits per heavy atom. The first-order valence-electron chi connectivity index (χ1n) is 7.00. The number of rotatable bonds is 4. The zero-order valence-electron chi connectivity index (χ0n) is 13.3. The molecule has 0 aliphatic heterocycles. The number of hydrogen-bond acceptors (Lipinski definition) is 2. The minimum Gasteiger partial charge on any atom is -0.350 e. The van der Waals surface area contributed by atoms with E-state index in [1.807, 2.05) is 14.0 Å². The standard InChI is InChI=1S/C15H27N3O/c1-8-10(2)9-16-14(19)12-11(3)13(15(4,5)6)17-18(12)7/h10H,8-9H2,1-7H3,(H,16,19). The van der Waals surface area contributed by atoms with Crippen LogP contribution in [0.4, 0.5) is 0 Å². The Morgan fingerprint density at radius 3 is 2.42 bits per heavy atom. The van der Waals surface area contributed by atoms with Gasteiger partial charge in [0.25, 0.3) is 5.91 Å². The molecule has 0 aliphatic rings. The van der Waals surface area contributed by atoms with Gasteiger partial charge in [0.1, 0.15) is 5.69 Å². The molecule has 1 heterocycles. The molecule has 0 fully saturated rings. The van der Waals surface area contributed by atoms with E-state index in [1.54, 1.807) is 4.68 Å². The second kappa shape index (κ2) is 5.76. The lowest BCUT2D eigenvalue weighted by Crippen LogP contribution is -2.30. The summed E-state index contributed by atoms with van der Waals surface area (Å²) in [7, 11) is 1.83. The van der Waals surface area contributed by atoms with Crippen LogP contribution in [0.3, 0.4) is 0 Å². The van der Waals surface area contributed by atoms with Crippen molar-refractivity contribution >= 4 is 5.91 Å². The van der Waals surface area contributed by atoms with Gasteiger partial charge in [0.2, 0.25) is 0 Å². The fourth-order valence-corrected chi connectivity index (χ4v) is 2.15. The molecule has 4 nitrogen and oxygen atoms in total. The third kappa shape index (κ3) is 3.58. The van der Waals surface area contributed by atoms with Gasteiger partial charge in [-0.3, -0.25) is 9.48 Å². The minimum atomic E-state index is -0.0446. The van der Waals surface area contributed by atoms with Gasteiger partial charge in [-0.15, -0.1) is 0 Å². The molecule has 0 radical (unpaired) electrons. The number of nitrogens with zero attached hydrogens (tertiary/aromatic N) is 2. The summed E-state index contributed by atoms with van der Waals surface area (Å²) >= 11 is 0. The van der Waals surface area contributed by atoms with Gasteiger partial charge in [0, 0.05) is 24.6 Å². The average Bonchev–Trinajstić information content (AvgIpc) is 2.61. The predicted octanol–water partition coefficient (Wildman–Crippen LogP) is 2.80. The predicted molar refractivity (Wildman–Crippen MR) is 78.4 cm³/mol. The van der Waals surface area contributed by atoms with Crippen molar-refractivity contribution < 1.29 is 4.79 Å². The van der Waals surface area contributed by atoms with Crippen molar-refractivity contribution in [3.63, 3.8) is 0 Å². The van der Waals surface area contributed by atoms with Crippen LogP contribution in [0.25, 0.3) is 0 Å². The largest absolute Gasteiger partial charge is 0.350 e. The number of hydrogen-bond donors (Lipinski definition) is 1. The fourth-order valence-electron chi connectivity index (χ4n) is 2.15. The van der Waals surface area contributed by atoms with Crippen LogP contribution < -0.4 is 5.32 Å². The zero-order valence-corrected chi connectivity index (χ0v) is 13.3. The molecule has 0 bridgehead atoms. The average molecular weight is 265 g/mol. The number of carbonyl (C=O) groups is 1. The molecule has 1 rings (SSSR count). The second-order valence-electron chi connectivity index (χ2n) is 6.42. The lowest BCUT2D eigenvalue weighted by Gasteiger charge is -2.16. The van der Waals surface area contributed by atoms with Crippen LogP contribution in [0.2, 0.25) is 0 Å². The van der Waals surface area contributed by atoms with E-state index in [4.69, 9.17) is 0 Å². The molecule has 1 N–H and O–H groups in total. The molecular formula is C15H27N3O. The lowest BCUT2D eigenvalue weighted by molar-refractivity contribution is 0.0937. The van der Waals surface area contributed by atoms with Crippen LogP contribution in [-0.4, -0.2) is 22.2 Å². The van der Waals surface area contributed by atoms with Crippen molar-refractivity contribution in [2.45, 2.75) is 53.4 Å². The molecule has 1 atom stereocenters. The van der Waals surface area contributed by atoms with E-state index in [0.29, 0.717) is 18.2 Å². The van der Waals surface area contributed by atoms with Gasteiger partial charge >= 0.3 is 0 Å². The van der Waals surface area contributed by atoms with E-state index in [-0.39, 0.29) is 11.3 Å². The molecule has 1 unspecified atom stereocenters. The Balaban J connectivity index is 2.95. The maximum Gasteiger partial charge on any atom is 0.269 e. The summed E-state index contributed by atoms with van der Waals surface area (Å²) in [6.45, 7) is 13.3. The molecule has 1 amide bonds. The third-order valence-electron chi connectivity index (χ3n) is 3.52. The smallest absolute Gasteiger partial charge is 0.269 e. The first kappa shape index (κ1) is 15.7. The van der Waals surface area contributed by atoms with Crippen LogP contribution >= 0.6 is 0 Å². The number of aromatic nitrogens is 2. The van der Waals surface area contributed by atoms with Crippen molar-refractivity contribution in [3.8, 4) is 0 Å². The molecule has 0 saturated heterocycles. The second-order valence-corrected chi connectivity index (χ2v) is 6.42. The Hall–Kier alpha value is -1.32. The Morgan fingerprint density at radius 1 is 1.42 bits per heavy atom. The monoisotopic (exact) mass is 265 g/mol. The molecule has 0 saturated carbocycles. The normalized spacial score (nSPS) is 13.4. The highest BCUT2D eigenvalue weighted by atomic mass is 16.2. The summed E-state index contributed by atoms with van der Waals surface area (Å²) in [6.07, 6.45) is 1.07. The van der Waals surface area contributed by atoms with Crippen LogP contribution in [0, 0.1) is 12.8 Å². The summed E-state index contributed by atoms with van der Waals surface area (Å²) in [4.78, 5) is 12.3. The first-order valence-corrected chi connectivity index (χ1v) is 7.00. The molecule has 1 aromatic rings. The van der Waals surface area contributed by atoms with Crippen LogP contribution in [0.1, 0.15) is 62.8 Å². The fraction of sp³-hybridized carbons (Fsp3) is 0.733. The quantitative estimate of drug-likeness (QED) is 0.910. The summed E-state index contributed by atoms with van der Waals surface area (Å²) in [5.41, 5.74) is 2.60. The highest BCUT2D eigenvalue weighted by Crippen LogP contribution is 2.26. The molecule has 0 aromatic carbocycles. The Kier molecular flexibility index (Phi) is 4.77. The highest BCUT2D eigenvalue weighted by Gasteiger charge is 2.26. The number of amides is 1. The van der Waals surface area contributed by atoms with E-state index in [9.17, 15) is 4.79 Å². The molecule has 19 heavy (non-hydrogen) atoms. The van der Waals surface area contributed by atoms with Gasteiger partial charge in [0.05, 0.1) is 5.69 Å². The van der Waals surface area contributed by atoms with E-state index in [1.165, 1.54) is 0 Å². The van der Waals surface area contributed by atoms with Crippen LogP contribution in [0.5, 0.6) is 0 Å². The van der Waals surface area contributed by atoms with Crippen molar-refractivity contribution in [2.75, 3.05) is 6.54 Å². The molecule has 0 spiro atoms. The maximum atomic E-state index is 12.3. The minimum absolute atomic E-state index is 0.0247. The lowest BCUT2D eigenvalue weighted by atomic mass is 9.89. The van der Waals surface area contributed by atoms with E-state index >= 15 is 0 Å². The number of aryl methyl sites for hydroxylation is 1. The van der Waals surface area contributed by atoms with Crippen LogP contribution in [-0.2, 0) is 12.5 Å². The zero-order chi connectivity index (χ0) is 14.8. The highest BCUT2D eigenvalue weighted by molar-refractivity contribution is 5.94. The van der Waals surface area contributed by atoms with E-state index in [0.717, 1.165) is 17.7 Å². The van der Waals surface area contributed by atoms with Gasteiger partial charge in [0.15, 0.2) is 0 Å². The van der Waals surface area contributed by atoms with E-state index < -0.39 is 0 Å². The maximum absolute atomic E-state index is 12.3. The van der Waals surface area contributed by atoms with Gasteiger partial charge in [-0.05, 0) is 12.8 Å². The van der Waals surface area contributed by atoms with Gasteiger partial charge < -0.3 is 5.32 Å². The van der Waals surface area contributed by atoms with Crippen molar-refractivity contribution in [1.29, 1.82) is 0 Å². The topological polar surface area (TPSA) is 46.9 Å². The first-order chi connectivity index (χ1) is 8.68. The van der Waals surface area contributed by atoms with Crippen molar-refractivity contribution in [3.05, 3.63) is 17.0 Å². The van der Waals surface area contributed by atoms with Gasteiger partial charge in [-0.25, -0.2) is 0 Å². The Bertz CT molecular complexity index is 455. The molecule has 108 valence electrons. The summed E-state index contributed by atoms with van der Waals surface area (Å²) in [5, 5.41) is 7.50. The number of carbonyl (C=O) groups excluding carboxylic acids is 1. The molecule has 1 aromatic heterocycles. The summed E-state index contributed by atoms with van der Waals surface area (Å²) in [5.74, 6) is 0.475. The molecule has 0 aliphatic carbocycles. The summed E-state index contributed by atoms with van der Waals surface area (Å²) in [6, 6.07) is 0. The molecule has 4 heteroatoms. The van der Waals surface area contributed by atoms with Crippen LogP contribution in [0.15, 0.2) is 0 Å². The van der Waals surface area contributed by atoms with Gasteiger partial charge in [-0.2, -0.15) is 5.10 Å². The van der Waals surface area contributed by atoms with E-state index in [2.05, 4.69) is 45.0 Å².